The number of nitrogens with zero attached hydrogens (tertiary/aromatic N) is 4. The molecule has 2 aliphatic rings. The number of benzene rings is 3. The summed E-state index contributed by atoms with van der Waals surface area (Å²) in [4.78, 5) is 56.9. The number of thiazole rings is 1. The van der Waals surface area contributed by atoms with Crippen molar-refractivity contribution >= 4 is 60.2 Å². The molecule has 7 rings (SSSR count). The summed E-state index contributed by atoms with van der Waals surface area (Å²) in [5.74, 6) is -1.30. The minimum absolute atomic E-state index is 0.0107. The van der Waals surface area contributed by atoms with E-state index in [1.54, 1.807) is 12.1 Å². The zero-order valence-corrected chi connectivity index (χ0v) is 33.8. The molecule has 0 bridgehead atoms. The minimum Gasteiger partial charge on any atom is -0.422 e. The third-order valence-corrected chi connectivity index (χ3v) is 13.1. The van der Waals surface area contributed by atoms with E-state index >= 15 is 0 Å². The van der Waals surface area contributed by atoms with Crippen LogP contribution >= 0.6 is 11.3 Å². The maximum absolute atomic E-state index is 14.8. The zero-order valence-electron chi connectivity index (χ0n) is 32.2. The quantitative estimate of drug-likeness (QED) is 0.0496. The van der Waals surface area contributed by atoms with E-state index in [9.17, 15) is 27.4 Å². The average Bonchev–Trinajstić information content (AvgIpc) is 3.63. The summed E-state index contributed by atoms with van der Waals surface area (Å²) in [7, 11) is -4.28. The Bertz CT molecular complexity index is 2410. The van der Waals surface area contributed by atoms with E-state index in [4.69, 9.17) is 14.2 Å². The van der Waals surface area contributed by atoms with Gasteiger partial charge in [-0.2, -0.15) is 8.42 Å². The summed E-state index contributed by atoms with van der Waals surface area (Å²) in [5, 5.41) is 1.22. The lowest BCUT2D eigenvalue weighted by atomic mass is 9.86. The molecule has 5 aromatic rings. The summed E-state index contributed by atoms with van der Waals surface area (Å²) in [5.41, 5.74) is 5.75. The number of carbonyl (C=O) groups is 2. The normalized spacial score (nSPS) is 14.2. The molecule has 1 amide bonds. The molecule has 12 nitrogen and oxygen atoms in total. The molecule has 14 heteroatoms. The number of anilines is 1. The van der Waals surface area contributed by atoms with Crippen LogP contribution < -0.4 is 10.5 Å². The van der Waals surface area contributed by atoms with E-state index in [2.05, 4.69) is 11.0 Å². The Labute approximate surface area is 331 Å². The second-order valence-corrected chi connectivity index (χ2v) is 17.2. The van der Waals surface area contributed by atoms with Gasteiger partial charge in [0.05, 0.1) is 22.4 Å². The molecule has 0 spiro atoms. The van der Waals surface area contributed by atoms with Gasteiger partial charge in [0.25, 0.3) is 16.0 Å². The second-order valence-electron chi connectivity index (χ2n) is 14.6. The number of hydrogen-bond acceptors (Lipinski definition) is 10. The third kappa shape index (κ3) is 7.97. The maximum atomic E-state index is 14.8. The van der Waals surface area contributed by atoms with Crippen LogP contribution in [0, 0.1) is 0 Å². The number of quaternary nitrogens is 1. The van der Waals surface area contributed by atoms with Crippen LogP contribution in [0.15, 0.2) is 63.8 Å². The first kappa shape index (κ1) is 39.6. The summed E-state index contributed by atoms with van der Waals surface area (Å²) in [6, 6.07) is 16.9. The molecule has 0 unspecified atom stereocenters. The lowest BCUT2D eigenvalue weighted by Gasteiger charge is -2.37. The predicted molar refractivity (Wildman–Crippen MR) is 220 cm³/mol. The highest BCUT2D eigenvalue weighted by atomic mass is 32.2. The van der Waals surface area contributed by atoms with Gasteiger partial charge in [0.1, 0.15) is 35.8 Å². The van der Waals surface area contributed by atoms with E-state index in [1.807, 2.05) is 57.2 Å². The number of fused-ring (bicyclic) bond motifs is 3. The van der Waals surface area contributed by atoms with E-state index in [-0.39, 0.29) is 48.5 Å². The molecule has 1 N–H and O–H groups in total. The van der Waals surface area contributed by atoms with Gasteiger partial charge in [0, 0.05) is 53.9 Å². The van der Waals surface area contributed by atoms with Crippen molar-refractivity contribution in [2.75, 3.05) is 56.5 Å². The Hall–Kier alpha value is -4.63. The number of rotatable bonds is 15. The van der Waals surface area contributed by atoms with Gasteiger partial charge in [-0.3, -0.25) is 14.2 Å². The van der Waals surface area contributed by atoms with Crippen LogP contribution in [0.5, 0.6) is 0 Å². The van der Waals surface area contributed by atoms with E-state index in [1.165, 1.54) is 21.8 Å². The minimum atomic E-state index is -4.28. The maximum Gasteiger partial charge on any atom is 0.366 e. The van der Waals surface area contributed by atoms with Gasteiger partial charge >= 0.3 is 11.6 Å². The van der Waals surface area contributed by atoms with Crippen LogP contribution in [0.1, 0.15) is 74.4 Å². The van der Waals surface area contributed by atoms with E-state index < -0.39 is 27.4 Å². The molecule has 0 atom stereocenters. The molecule has 4 heterocycles. The Balaban J connectivity index is 1.34. The number of aryl methyl sites for hydroxylation is 2. The van der Waals surface area contributed by atoms with Gasteiger partial charge in [-0.1, -0.05) is 30.3 Å². The van der Waals surface area contributed by atoms with Crippen molar-refractivity contribution in [3.05, 3.63) is 81.7 Å². The molecular weight excluding hydrogens is 753 g/mol. The molecular formula is C42H49N4O8S2+. The van der Waals surface area contributed by atoms with Gasteiger partial charge in [0.15, 0.2) is 0 Å². The van der Waals surface area contributed by atoms with Crippen molar-refractivity contribution < 1.29 is 36.5 Å². The second kappa shape index (κ2) is 16.5. The van der Waals surface area contributed by atoms with Crippen molar-refractivity contribution in [2.45, 2.75) is 65.7 Å². The molecule has 0 aliphatic carbocycles. The standard InChI is InChI=1S/C42H48N4O8S2/c1-4-46(5-2,6-3)54-35(47)21-13-24-45(25-14-26-56(50,51)52)41(48)30-17-8-7-16-29(30)36-32-27-28-15-11-22-44-23-12-18-31(38(28)44)39(32)53-42(49)37(36)40-43-33-19-9-10-20-34(33)55-40/h7-10,16-17,19-20,27H,4-6,11-15,18,21-26H2,1-3H3/p+1. The molecule has 0 saturated heterocycles. The molecule has 0 radical (unpaired) electrons. The number of hydrogen-bond donors (Lipinski definition) is 1. The van der Waals surface area contributed by atoms with Crippen molar-refractivity contribution in [1.82, 2.24) is 9.88 Å². The first-order valence-corrected chi connectivity index (χ1v) is 22.1. The highest BCUT2D eigenvalue weighted by Crippen LogP contribution is 2.46. The predicted octanol–water partition coefficient (Wildman–Crippen LogP) is 7.27. The van der Waals surface area contributed by atoms with E-state index in [0.29, 0.717) is 46.9 Å². The first-order chi connectivity index (χ1) is 27.0. The molecule has 296 valence electrons. The number of para-hydroxylation sites is 1. The van der Waals surface area contributed by atoms with Crippen LogP contribution in [0.3, 0.4) is 0 Å². The van der Waals surface area contributed by atoms with Gasteiger partial charge in [-0.15, -0.1) is 16.0 Å². The van der Waals surface area contributed by atoms with Crippen molar-refractivity contribution in [1.29, 1.82) is 0 Å². The smallest absolute Gasteiger partial charge is 0.366 e. The van der Waals surface area contributed by atoms with Gasteiger partial charge in [0.2, 0.25) is 0 Å². The van der Waals surface area contributed by atoms with Crippen LogP contribution in [-0.4, -0.2) is 90.9 Å². The lowest BCUT2D eigenvalue weighted by molar-refractivity contribution is -1.09. The van der Waals surface area contributed by atoms with Crippen molar-refractivity contribution in [3.63, 3.8) is 0 Å². The van der Waals surface area contributed by atoms with Crippen LogP contribution in [0.4, 0.5) is 5.69 Å². The molecule has 2 aromatic heterocycles. The number of carbonyl (C=O) groups excluding carboxylic acids is 2. The SMILES string of the molecule is CC[N+](CC)(CC)OC(=O)CCCN(CCCS(=O)(=O)O)C(=O)c1ccccc1-c1c(-c2nc3ccccc3s2)c(=O)oc2c3c4c(cc12)CCCN4CCC3. The highest BCUT2D eigenvalue weighted by Gasteiger charge is 2.32. The Kier molecular flexibility index (Phi) is 11.6. The average molecular weight is 802 g/mol. The summed E-state index contributed by atoms with van der Waals surface area (Å²) in [6.07, 6.45) is 3.89. The largest absolute Gasteiger partial charge is 0.422 e. The summed E-state index contributed by atoms with van der Waals surface area (Å²) < 4.78 is 40.4. The molecule has 2 aliphatic heterocycles. The Morgan fingerprint density at radius 2 is 1.66 bits per heavy atom. The summed E-state index contributed by atoms with van der Waals surface area (Å²) in [6.45, 7) is 9.83. The monoisotopic (exact) mass is 801 g/mol. The fourth-order valence-electron chi connectivity index (χ4n) is 8.32. The third-order valence-electron chi connectivity index (χ3n) is 11.3. The fraction of sp³-hybridized carbons (Fsp3) is 0.429. The Morgan fingerprint density at radius 3 is 2.39 bits per heavy atom. The fourth-order valence-corrected chi connectivity index (χ4v) is 9.82. The number of aromatic nitrogens is 1. The first-order valence-electron chi connectivity index (χ1n) is 19.6. The van der Waals surface area contributed by atoms with Crippen molar-refractivity contribution in [3.8, 4) is 21.7 Å². The van der Waals surface area contributed by atoms with Gasteiger partial charge in [-0.25, -0.2) is 14.6 Å². The molecule has 3 aromatic carbocycles. The van der Waals surface area contributed by atoms with Gasteiger partial charge in [-0.05, 0) is 94.7 Å². The number of hydroxylamine groups is 3. The topological polar surface area (TPSA) is 147 Å². The number of amides is 1. The highest BCUT2D eigenvalue weighted by molar-refractivity contribution is 7.85. The molecule has 0 fully saturated rings. The van der Waals surface area contributed by atoms with Gasteiger partial charge < -0.3 is 14.2 Å². The van der Waals surface area contributed by atoms with Crippen LogP contribution in [0.2, 0.25) is 0 Å². The van der Waals surface area contributed by atoms with Crippen molar-refractivity contribution in [2.24, 2.45) is 0 Å². The lowest BCUT2D eigenvalue weighted by Crippen LogP contribution is -2.48. The Morgan fingerprint density at radius 1 is 0.964 bits per heavy atom. The zero-order chi connectivity index (χ0) is 39.6. The van der Waals surface area contributed by atoms with Crippen LogP contribution in [0.25, 0.3) is 42.9 Å². The van der Waals surface area contributed by atoms with E-state index in [0.717, 1.165) is 65.6 Å². The van der Waals surface area contributed by atoms with Crippen LogP contribution in [-0.2, 0) is 32.6 Å². The summed E-state index contributed by atoms with van der Waals surface area (Å²) >= 11 is 1.39. The molecule has 0 saturated carbocycles. The molecule has 56 heavy (non-hydrogen) atoms.